The highest BCUT2D eigenvalue weighted by molar-refractivity contribution is 7.79. The lowest BCUT2D eigenvalue weighted by atomic mass is 10.1. The fourth-order valence-electron chi connectivity index (χ4n) is 3.84. The van der Waals surface area contributed by atoms with Gasteiger partial charge in [0.1, 0.15) is 0 Å². The van der Waals surface area contributed by atoms with Crippen LogP contribution in [0.5, 0.6) is 0 Å². The minimum atomic E-state index is -4.67. The lowest BCUT2D eigenvalue weighted by molar-refractivity contribution is 0.125. The summed E-state index contributed by atoms with van der Waals surface area (Å²) in [4.78, 5) is 0. The summed E-state index contributed by atoms with van der Waals surface area (Å²) in [6, 6.07) is 0. The Morgan fingerprint density at radius 2 is 0.625 bits per heavy atom. The molecule has 0 aromatic heterocycles. The summed E-state index contributed by atoms with van der Waals surface area (Å²) in [6.45, 7) is 6.58. The number of ether oxygens (including phenoxy) is 1. The van der Waals surface area contributed by atoms with Crippen molar-refractivity contribution >= 4 is 10.4 Å². The molecule has 0 aliphatic heterocycles. The summed E-state index contributed by atoms with van der Waals surface area (Å²) >= 11 is 0. The van der Waals surface area contributed by atoms with Gasteiger partial charge in [-0.2, -0.15) is 8.42 Å². The molecule has 5 nitrogen and oxygen atoms in total. The van der Waals surface area contributed by atoms with Crippen LogP contribution in [0.1, 0.15) is 155 Å². The molecule has 0 unspecified atom stereocenters. The standard InChI is InChI=1S/C26H54O.H2O4S/c1-3-5-7-9-11-13-15-17-19-21-23-25-27-26-24-22-20-18-16-14-12-10-8-6-4-2;1-5(2,3)4/h3-26H2,1-2H3;(H2,1,2,3,4). The minimum absolute atomic E-state index is 0.995. The second kappa shape index (κ2) is 28.9. The van der Waals surface area contributed by atoms with Crippen LogP contribution < -0.4 is 0 Å². The van der Waals surface area contributed by atoms with Gasteiger partial charge in [-0.15, -0.1) is 0 Å². The quantitative estimate of drug-likeness (QED) is 0.106. The van der Waals surface area contributed by atoms with Gasteiger partial charge in [-0.25, -0.2) is 0 Å². The van der Waals surface area contributed by atoms with E-state index in [2.05, 4.69) is 13.8 Å². The van der Waals surface area contributed by atoms with Crippen molar-refractivity contribution in [3.63, 3.8) is 0 Å². The maximum absolute atomic E-state index is 8.74. The fraction of sp³-hybridized carbons (Fsp3) is 1.00. The maximum Gasteiger partial charge on any atom is 0.394 e. The second-order valence-corrected chi connectivity index (χ2v) is 10.0. The molecule has 0 heterocycles. The van der Waals surface area contributed by atoms with Crippen molar-refractivity contribution < 1.29 is 22.3 Å². The van der Waals surface area contributed by atoms with E-state index in [-0.39, 0.29) is 0 Å². The van der Waals surface area contributed by atoms with Crippen molar-refractivity contribution in [3.05, 3.63) is 0 Å². The molecule has 0 aromatic rings. The molecular weight excluding hydrogens is 424 g/mol. The third-order valence-corrected chi connectivity index (χ3v) is 5.78. The lowest BCUT2D eigenvalue weighted by Gasteiger charge is -2.05. The molecule has 0 amide bonds. The van der Waals surface area contributed by atoms with E-state index in [1.165, 1.54) is 141 Å². The number of rotatable bonds is 24. The van der Waals surface area contributed by atoms with Crippen molar-refractivity contribution in [2.24, 2.45) is 0 Å². The van der Waals surface area contributed by atoms with E-state index in [9.17, 15) is 0 Å². The molecule has 0 saturated carbocycles. The summed E-state index contributed by atoms with van der Waals surface area (Å²) in [5.41, 5.74) is 0. The fourth-order valence-corrected chi connectivity index (χ4v) is 3.84. The highest BCUT2D eigenvalue weighted by Gasteiger charge is 1.95. The Hall–Kier alpha value is -0.170. The van der Waals surface area contributed by atoms with Gasteiger partial charge in [0.15, 0.2) is 0 Å². The average molecular weight is 481 g/mol. The Morgan fingerprint density at radius 1 is 0.438 bits per heavy atom. The van der Waals surface area contributed by atoms with Crippen LogP contribution in [0.4, 0.5) is 0 Å². The van der Waals surface area contributed by atoms with Crippen LogP contribution in [-0.2, 0) is 15.1 Å². The number of unbranched alkanes of at least 4 members (excludes halogenated alkanes) is 20. The first-order valence-corrected chi connectivity index (χ1v) is 15.1. The first-order chi connectivity index (χ1) is 15.4. The van der Waals surface area contributed by atoms with Crippen LogP contribution in [0.2, 0.25) is 0 Å². The molecule has 0 bridgehead atoms. The first kappa shape index (κ1) is 34.0. The molecule has 0 saturated heterocycles. The van der Waals surface area contributed by atoms with Crippen LogP contribution in [0.15, 0.2) is 0 Å². The predicted octanol–water partition coefficient (Wildman–Crippen LogP) is 8.97. The molecule has 0 aliphatic rings. The van der Waals surface area contributed by atoms with Gasteiger partial charge < -0.3 is 4.74 Å². The largest absolute Gasteiger partial charge is 0.394 e. The highest BCUT2D eigenvalue weighted by Crippen LogP contribution is 2.12. The third-order valence-electron chi connectivity index (χ3n) is 5.78. The highest BCUT2D eigenvalue weighted by atomic mass is 32.3. The smallest absolute Gasteiger partial charge is 0.381 e. The molecule has 0 spiro atoms. The molecule has 0 aromatic carbocycles. The van der Waals surface area contributed by atoms with Gasteiger partial charge in [-0.3, -0.25) is 9.11 Å². The normalized spacial score (nSPS) is 11.4. The van der Waals surface area contributed by atoms with E-state index < -0.39 is 10.4 Å². The van der Waals surface area contributed by atoms with Crippen molar-refractivity contribution in [3.8, 4) is 0 Å². The van der Waals surface area contributed by atoms with Gasteiger partial charge in [0.25, 0.3) is 0 Å². The first-order valence-electron chi connectivity index (χ1n) is 13.7. The van der Waals surface area contributed by atoms with E-state index in [1.807, 2.05) is 0 Å². The molecule has 0 aliphatic carbocycles. The summed E-state index contributed by atoms with van der Waals surface area (Å²) in [6.07, 6.45) is 31.1. The summed E-state index contributed by atoms with van der Waals surface area (Å²) in [5, 5.41) is 0. The minimum Gasteiger partial charge on any atom is -0.381 e. The van der Waals surface area contributed by atoms with Gasteiger partial charge in [0, 0.05) is 13.2 Å². The zero-order valence-corrected chi connectivity index (χ0v) is 22.3. The van der Waals surface area contributed by atoms with Crippen LogP contribution in [-0.4, -0.2) is 30.7 Å². The van der Waals surface area contributed by atoms with E-state index in [0.717, 1.165) is 13.2 Å². The van der Waals surface area contributed by atoms with Gasteiger partial charge in [0.2, 0.25) is 0 Å². The molecular formula is C26H56O5S. The summed E-state index contributed by atoms with van der Waals surface area (Å²) in [7, 11) is -4.67. The zero-order valence-electron chi connectivity index (χ0n) is 21.5. The Kier molecular flexibility index (Phi) is 30.7. The molecule has 2 N–H and O–H groups in total. The molecule has 0 atom stereocenters. The van der Waals surface area contributed by atoms with E-state index in [0.29, 0.717) is 0 Å². The number of hydrogen-bond acceptors (Lipinski definition) is 3. The van der Waals surface area contributed by atoms with E-state index >= 15 is 0 Å². The molecule has 0 rings (SSSR count). The van der Waals surface area contributed by atoms with Gasteiger partial charge in [-0.05, 0) is 12.8 Å². The third kappa shape index (κ3) is 43.7. The predicted molar refractivity (Wildman–Crippen MR) is 138 cm³/mol. The summed E-state index contributed by atoms with van der Waals surface area (Å²) in [5.74, 6) is 0. The molecule has 6 heteroatoms. The van der Waals surface area contributed by atoms with Crippen LogP contribution in [0.3, 0.4) is 0 Å². The monoisotopic (exact) mass is 480 g/mol. The Bertz CT molecular complexity index is 394. The van der Waals surface area contributed by atoms with Crippen molar-refractivity contribution in [2.75, 3.05) is 13.2 Å². The van der Waals surface area contributed by atoms with E-state index in [1.54, 1.807) is 0 Å². The second-order valence-electron chi connectivity index (χ2n) is 9.13. The van der Waals surface area contributed by atoms with Crippen molar-refractivity contribution in [1.82, 2.24) is 0 Å². The molecule has 196 valence electrons. The Morgan fingerprint density at radius 3 is 0.844 bits per heavy atom. The van der Waals surface area contributed by atoms with Gasteiger partial charge >= 0.3 is 10.4 Å². The van der Waals surface area contributed by atoms with Crippen LogP contribution in [0, 0.1) is 0 Å². The van der Waals surface area contributed by atoms with Crippen LogP contribution >= 0.6 is 0 Å². The SMILES string of the molecule is CCCCCCCCCCCCCOCCCCCCCCCCCCC.O=S(=O)(O)O. The topological polar surface area (TPSA) is 83.8 Å². The lowest BCUT2D eigenvalue weighted by Crippen LogP contribution is -1.97. The summed E-state index contributed by atoms with van der Waals surface area (Å²) < 4.78 is 37.4. The Labute approximate surface area is 201 Å². The van der Waals surface area contributed by atoms with Gasteiger partial charge in [0.05, 0.1) is 0 Å². The maximum atomic E-state index is 8.74. The van der Waals surface area contributed by atoms with E-state index in [4.69, 9.17) is 22.3 Å². The molecule has 0 radical (unpaired) electrons. The zero-order chi connectivity index (χ0) is 24.2. The Balaban J connectivity index is 0. The van der Waals surface area contributed by atoms with Crippen molar-refractivity contribution in [2.45, 2.75) is 155 Å². The van der Waals surface area contributed by atoms with Crippen molar-refractivity contribution in [1.29, 1.82) is 0 Å². The number of hydrogen-bond donors (Lipinski definition) is 2. The average Bonchev–Trinajstić information content (AvgIpc) is 2.73. The van der Waals surface area contributed by atoms with Gasteiger partial charge in [-0.1, -0.05) is 142 Å². The van der Waals surface area contributed by atoms with Crippen LogP contribution in [0.25, 0.3) is 0 Å². The molecule has 0 fully saturated rings. The molecule has 32 heavy (non-hydrogen) atoms.